The van der Waals surface area contributed by atoms with E-state index in [2.05, 4.69) is 0 Å². The van der Waals surface area contributed by atoms with Gasteiger partial charge in [-0.25, -0.2) is 0 Å². The summed E-state index contributed by atoms with van der Waals surface area (Å²) >= 11 is -0.931. The molecule has 0 aromatic heterocycles. The van der Waals surface area contributed by atoms with E-state index in [0.717, 1.165) is 0 Å². The third-order valence-electron chi connectivity index (χ3n) is 0. The van der Waals surface area contributed by atoms with E-state index in [-0.39, 0.29) is 25.0 Å². The van der Waals surface area contributed by atoms with E-state index in [9.17, 15) is 0 Å². The van der Waals surface area contributed by atoms with Crippen LogP contribution in [0.3, 0.4) is 0 Å². The standard InChI is InChI=1S/2ClH.H2O.2Zn/h2*1H;1H2;;/q;;;;+2/p-2. The summed E-state index contributed by atoms with van der Waals surface area (Å²) in [6.45, 7) is 0. The molecule has 0 aliphatic heterocycles. The Labute approximate surface area is 59.2 Å². The van der Waals surface area contributed by atoms with Crippen LogP contribution in [0.15, 0.2) is 0 Å². The zero-order chi connectivity index (χ0) is 2.71. The van der Waals surface area contributed by atoms with Crippen molar-refractivity contribution in [3.05, 3.63) is 0 Å². The van der Waals surface area contributed by atoms with E-state index in [4.69, 9.17) is 19.4 Å². The first kappa shape index (κ1) is 15.8. The van der Waals surface area contributed by atoms with Crippen molar-refractivity contribution < 1.29 is 40.1 Å². The fourth-order valence-corrected chi connectivity index (χ4v) is 0. The topological polar surface area (TPSA) is 31.5 Å². The average Bonchev–Trinajstić information content (AvgIpc) is 0.918. The molecular weight excluding hydrogens is 218 g/mol. The summed E-state index contributed by atoms with van der Waals surface area (Å²) in [7, 11) is 9.90. The maximum absolute atomic E-state index is 4.95. The van der Waals surface area contributed by atoms with Gasteiger partial charge in [0, 0.05) is 19.5 Å². The molecule has 0 amide bonds. The normalized spacial score (nSPS) is 2.00. The molecule has 0 aliphatic carbocycles. The monoisotopic (exact) mass is 216 g/mol. The van der Waals surface area contributed by atoms with Crippen LogP contribution in [0.5, 0.6) is 0 Å². The Kier molecular flexibility index (Phi) is 54.1. The molecule has 0 aliphatic rings. The fraction of sp³-hybridized carbons (Fsp3) is 0. The maximum atomic E-state index is 4.95. The summed E-state index contributed by atoms with van der Waals surface area (Å²) in [5, 5.41) is 0. The molecule has 0 unspecified atom stereocenters. The van der Waals surface area contributed by atoms with E-state index >= 15 is 0 Å². The molecule has 0 bridgehead atoms. The molecule has 0 spiro atoms. The molecule has 26 valence electrons. The summed E-state index contributed by atoms with van der Waals surface area (Å²) in [6.07, 6.45) is 0. The van der Waals surface area contributed by atoms with Crippen LogP contribution in [-0.2, 0) is 34.6 Å². The SMILES string of the molecule is O.[Cl][Zn][Cl].[Zn]. The van der Waals surface area contributed by atoms with Crippen LogP contribution in [0.1, 0.15) is 0 Å². The Morgan fingerprint density at radius 3 is 1.20 bits per heavy atom. The largest absolute Gasteiger partial charge is 0 e. The Morgan fingerprint density at radius 1 is 1.20 bits per heavy atom. The molecule has 0 atom stereocenters. The molecule has 0 rings (SSSR count). The van der Waals surface area contributed by atoms with E-state index in [1.54, 1.807) is 0 Å². The van der Waals surface area contributed by atoms with Gasteiger partial charge in [0.2, 0.25) is 0 Å². The maximum Gasteiger partial charge on any atom is 0 e. The van der Waals surface area contributed by atoms with Crippen molar-refractivity contribution in [2.75, 3.05) is 0 Å². The summed E-state index contributed by atoms with van der Waals surface area (Å²) in [5.74, 6) is 0. The minimum atomic E-state index is -0.931. The van der Waals surface area contributed by atoms with Gasteiger partial charge in [-0.2, -0.15) is 0 Å². The van der Waals surface area contributed by atoms with Crippen molar-refractivity contribution in [1.29, 1.82) is 0 Å². The summed E-state index contributed by atoms with van der Waals surface area (Å²) in [5.41, 5.74) is 0. The van der Waals surface area contributed by atoms with Crippen LogP contribution in [0, 0.1) is 0 Å². The smallest absolute Gasteiger partial charge is 0 e. The molecule has 5 heteroatoms. The van der Waals surface area contributed by atoms with Crippen LogP contribution in [-0.4, -0.2) is 5.48 Å². The molecule has 0 aromatic rings. The van der Waals surface area contributed by atoms with Crippen LogP contribution in [0.4, 0.5) is 0 Å². The van der Waals surface area contributed by atoms with Gasteiger partial charge in [-0.05, 0) is 0 Å². The fourth-order valence-electron chi connectivity index (χ4n) is 0. The number of hydrogen-bond donors (Lipinski definition) is 0. The van der Waals surface area contributed by atoms with Crippen molar-refractivity contribution in [3.8, 4) is 0 Å². The summed E-state index contributed by atoms with van der Waals surface area (Å²) in [6, 6.07) is 0. The second-order valence-electron chi connectivity index (χ2n) is 0.101. The average molecular weight is 220 g/mol. The van der Waals surface area contributed by atoms with Gasteiger partial charge >= 0.3 is 34.5 Å². The van der Waals surface area contributed by atoms with Gasteiger partial charge < -0.3 is 5.48 Å². The Balaban J connectivity index is -0.0000000200. The first-order valence-electron chi connectivity index (χ1n) is 0.535. The second-order valence-corrected chi connectivity index (χ2v) is 4.72. The summed E-state index contributed by atoms with van der Waals surface area (Å²) < 4.78 is 0. The zero-order valence-electron chi connectivity index (χ0n) is 2.67. The molecule has 0 heterocycles. The number of hydrogen-bond acceptors (Lipinski definition) is 0. The Bertz CT molecular complexity index is 7.61. The third kappa shape index (κ3) is 26.0. The van der Waals surface area contributed by atoms with Gasteiger partial charge in [-0.1, -0.05) is 0 Å². The van der Waals surface area contributed by atoms with E-state index in [0.29, 0.717) is 0 Å². The predicted octanol–water partition coefficient (Wildman–Crippen LogP) is 0.549. The van der Waals surface area contributed by atoms with E-state index in [1.165, 1.54) is 0 Å². The van der Waals surface area contributed by atoms with Crippen molar-refractivity contribution in [1.82, 2.24) is 0 Å². The van der Waals surface area contributed by atoms with Crippen molar-refractivity contribution >= 4 is 19.4 Å². The number of rotatable bonds is 0. The first-order valence-corrected chi connectivity index (χ1v) is 8.33. The van der Waals surface area contributed by atoms with Crippen molar-refractivity contribution in [2.45, 2.75) is 0 Å². The molecule has 5 heavy (non-hydrogen) atoms. The van der Waals surface area contributed by atoms with Crippen molar-refractivity contribution in [3.63, 3.8) is 0 Å². The van der Waals surface area contributed by atoms with Crippen LogP contribution < -0.4 is 0 Å². The van der Waals surface area contributed by atoms with Gasteiger partial charge in [0.1, 0.15) is 0 Å². The molecule has 1 nitrogen and oxygen atoms in total. The van der Waals surface area contributed by atoms with Crippen LogP contribution in [0.2, 0.25) is 0 Å². The molecular formula is H2Cl2OZn2. The van der Waals surface area contributed by atoms with Gasteiger partial charge in [0.15, 0.2) is 0 Å². The van der Waals surface area contributed by atoms with Crippen molar-refractivity contribution in [2.24, 2.45) is 0 Å². The summed E-state index contributed by atoms with van der Waals surface area (Å²) in [4.78, 5) is 0. The minimum absolute atomic E-state index is 0. The quantitative estimate of drug-likeness (QED) is 0.533. The van der Waals surface area contributed by atoms with Crippen LogP contribution >= 0.6 is 19.4 Å². The van der Waals surface area contributed by atoms with Gasteiger partial charge in [0.05, 0.1) is 0 Å². The Hall–Kier alpha value is 1.79. The molecule has 2 N–H and O–H groups in total. The molecule has 0 saturated carbocycles. The Morgan fingerprint density at radius 2 is 1.20 bits per heavy atom. The van der Waals surface area contributed by atoms with Gasteiger partial charge in [0.25, 0.3) is 0 Å². The second kappa shape index (κ2) is 17.1. The zero-order valence-corrected chi connectivity index (χ0v) is 10.1. The third-order valence-corrected chi connectivity index (χ3v) is 0. The predicted molar refractivity (Wildman–Crippen MR) is 15.3 cm³/mol. The van der Waals surface area contributed by atoms with E-state index < -0.39 is 15.1 Å². The molecule has 0 radical (unpaired) electrons. The van der Waals surface area contributed by atoms with Gasteiger partial charge in [-0.3, -0.25) is 0 Å². The molecule has 0 aromatic carbocycles. The van der Waals surface area contributed by atoms with E-state index in [1.807, 2.05) is 0 Å². The van der Waals surface area contributed by atoms with Crippen LogP contribution in [0.25, 0.3) is 0 Å². The van der Waals surface area contributed by atoms with Gasteiger partial charge in [-0.15, -0.1) is 0 Å². The number of halogens is 2. The minimum Gasteiger partial charge on any atom is 0 e. The first-order chi connectivity index (χ1) is 1.41. The molecule has 0 saturated heterocycles. The molecule has 0 fully saturated rings.